The molecule has 0 aromatic carbocycles. The molecule has 2 rings (SSSR count). The predicted molar refractivity (Wildman–Crippen MR) is 69.7 cm³/mol. The third-order valence-electron chi connectivity index (χ3n) is 3.07. The summed E-state index contributed by atoms with van der Waals surface area (Å²) in [6.45, 7) is 2.58. The van der Waals surface area contributed by atoms with E-state index in [0.29, 0.717) is 16.7 Å². The zero-order chi connectivity index (χ0) is 12.3. The molecule has 1 aliphatic rings. The van der Waals surface area contributed by atoms with E-state index >= 15 is 0 Å². The molecule has 0 unspecified atom stereocenters. The molecule has 0 amide bonds. The summed E-state index contributed by atoms with van der Waals surface area (Å²) in [5.74, 6) is 0.434. The molecule has 1 atom stereocenters. The second kappa shape index (κ2) is 5.48. The molecule has 2 heterocycles. The Balaban J connectivity index is 2.01. The van der Waals surface area contributed by atoms with Crippen molar-refractivity contribution in [1.82, 2.24) is 9.62 Å². The molecule has 1 fully saturated rings. The van der Waals surface area contributed by atoms with E-state index in [1.54, 1.807) is 24.6 Å². The number of nitrogens with zero attached hydrogens (tertiary/aromatic N) is 1. The van der Waals surface area contributed by atoms with E-state index in [1.165, 1.54) is 15.6 Å². The molecule has 1 N–H and O–H groups in total. The number of hydrogen-bond acceptors (Lipinski definition) is 4. The maximum atomic E-state index is 12.2. The third-order valence-corrected chi connectivity index (χ3v) is 6.27. The molecule has 0 radical (unpaired) electrons. The summed E-state index contributed by atoms with van der Waals surface area (Å²) in [7, 11) is -1.60. The van der Waals surface area contributed by atoms with Gasteiger partial charge in [-0.05, 0) is 43.3 Å². The summed E-state index contributed by atoms with van der Waals surface area (Å²) in [5, 5.41) is 5.10. The van der Waals surface area contributed by atoms with Crippen LogP contribution in [0.25, 0.3) is 0 Å². The molecule has 0 saturated carbocycles. The van der Waals surface area contributed by atoms with Crippen LogP contribution < -0.4 is 5.32 Å². The minimum atomic E-state index is -3.27. The van der Waals surface area contributed by atoms with Crippen LogP contribution in [0.2, 0.25) is 0 Å². The normalized spacial score (nSPS) is 21.9. The topological polar surface area (TPSA) is 49.4 Å². The van der Waals surface area contributed by atoms with Gasteiger partial charge in [-0.3, -0.25) is 0 Å². The summed E-state index contributed by atoms with van der Waals surface area (Å²) in [5.41, 5.74) is 0. The molecule has 96 valence electrons. The highest BCUT2D eigenvalue weighted by atomic mass is 32.2. The van der Waals surface area contributed by atoms with Crippen LogP contribution in [0, 0.1) is 5.92 Å². The fourth-order valence-electron chi connectivity index (χ4n) is 2.11. The Hall–Kier alpha value is -0.430. The summed E-state index contributed by atoms with van der Waals surface area (Å²) in [6.07, 6.45) is 2.24. The zero-order valence-electron chi connectivity index (χ0n) is 9.93. The van der Waals surface area contributed by atoms with Crippen molar-refractivity contribution >= 4 is 21.4 Å². The van der Waals surface area contributed by atoms with E-state index < -0.39 is 10.0 Å². The highest BCUT2D eigenvalue weighted by molar-refractivity contribution is 7.91. The highest BCUT2D eigenvalue weighted by Gasteiger charge is 2.25. The first-order chi connectivity index (χ1) is 8.10. The van der Waals surface area contributed by atoms with Crippen LogP contribution in [0.5, 0.6) is 0 Å². The van der Waals surface area contributed by atoms with Crippen molar-refractivity contribution in [3.8, 4) is 0 Å². The molecule has 0 spiro atoms. The SMILES string of the molecule is CN(C[C@H]1CCCNC1)S(=O)(=O)c1cccs1. The summed E-state index contributed by atoms with van der Waals surface area (Å²) < 4.78 is 26.3. The van der Waals surface area contributed by atoms with Gasteiger partial charge >= 0.3 is 0 Å². The lowest BCUT2D eigenvalue weighted by atomic mass is 10.00. The standard InChI is InChI=1S/C11H18N2O2S2/c1-13(9-10-4-2-6-12-8-10)17(14,15)11-5-3-7-16-11/h3,5,7,10,12H,2,4,6,8-9H2,1H3/t10-/m0/s1. The molecular weight excluding hydrogens is 256 g/mol. The summed E-state index contributed by atoms with van der Waals surface area (Å²) >= 11 is 1.27. The van der Waals surface area contributed by atoms with Gasteiger partial charge in [-0.25, -0.2) is 8.42 Å². The lowest BCUT2D eigenvalue weighted by Crippen LogP contribution is -2.38. The van der Waals surface area contributed by atoms with Gasteiger partial charge in [0.15, 0.2) is 0 Å². The van der Waals surface area contributed by atoms with Gasteiger partial charge in [0.1, 0.15) is 4.21 Å². The van der Waals surface area contributed by atoms with Crippen LogP contribution in [0.15, 0.2) is 21.7 Å². The van der Waals surface area contributed by atoms with E-state index in [0.717, 1.165) is 25.9 Å². The molecule has 6 heteroatoms. The summed E-state index contributed by atoms with van der Waals surface area (Å²) in [6, 6.07) is 3.43. The third kappa shape index (κ3) is 3.07. The molecule has 1 aromatic rings. The fraction of sp³-hybridized carbons (Fsp3) is 0.636. The highest BCUT2D eigenvalue weighted by Crippen LogP contribution is 2.21. The Kier molecular flexibility index (Phi) is 4.19. The first kappa shape index (κ1) is 13.0. The van der Waals surface area contributed by atoms with Gasteiger partial charge in [0, 0.05) is 13.6 Å². The average molecular weight is 274 g/mol. The van der Waals surface area contributed by atoms with Gasteiger partial charge in [0.05, 0.1) is 0 Å². The van der Waals surface area contributed by atoms with Crippen molar-refractivity contribution in [1.29, 1.82) is 0 Å². The smallest absolute Gasteiger partial charge is 0.252 e. The Morgan fingerprint density at radius 1 is 1.59 bits per heavy atom. The van der Waals surface area contributed by atoms with Crippen molar-refractivity contribution in [2.24, 2.45) is 5.92 Å². The number of piperidine rings is 1. The lowest BCUT2D eigenvalue weighted by molar-refractivity contribution is 0.315. The van der Waals surface area contributed by atoms with Crippen molar-refractivity contribution in [3.05, 3.63) is 17.5 Å². The van der Waals surface area contributed by atoms with Crippen LogP contribution in [0.1, 0.15) is 12.8 Å². The molecular formula is C11H18N2O2S2. The monoisotopic (exact) mass is 274 g/mol. The van der Waals surface area contributed by atoms with Crippen LogP contribution in [0.3, 0.4) is 0 Å². The first-order valence-electron chi connectivity index (χ1n) is 5.81. The lowest BCUT2D eigenvalue weighted by Gasteiger charge is -2.26. The average Bonchev–Trinajstić information content (AvgIpc) is 2.84. The van der Waals surface area contributed by atoms with Crippen molar-refractivity contribution in [3.63, 3.8) is 0 Å². The van der Waals surface area contributed by atoms with Gasteiger partial charge in [-0.15, -0.1) is 11.3 Å². The fourth-order valence-corrected chi connectivity index (χ4v) is 4.55. The van der Waals surface area contributed by atoms with Crippen molar-refractivity contribution in [2.45, 2.75) is 17.1 Å². The Labute approximate surface area is 107 Å². The second-order valence-corrected chi connectivity index (χ2v) is 7.65. The number of hydrogen-bond donors (Lipinski definition) is 1. The largest absolute Gasteiger partial charge is 0.316 e. The molecule has 1 aromatic heterocycles. The van der Waals surface area contributed by atoms with Crippen LogP contribution in [-0.4, -0.2) is 39.4 Å². The minimum Gasteiger partial charge on any atom is -0.316 e. The Bertz CT molecular complexity index is 436. The number of rotatable bonds is 4. The Morgan fingerprint density at radius 3 is 3.00 bits per heavy atom. The Morgan fingerprint density at radius 2 is 2.41 bits per heavy atom. The van der Waals surface area contributed by atoms with Crippen LogP contribution in [0.4, 0.5) is 0 Å². The first-order valence-corrected chi connectivity index (χ1v) is 8.13. The molecule has 4 nitrogen and oxygen atoms in total. The van der Waals surface area contributed by atoms with Gasteiger partial charge in [-0.2, -0.15) is 4.31 Å². The maximum Gasteiger partial charge on any atom is 0.252 e. The maximum absolute atomic E-state index is 12.2. The zero-order valence-corrected chi connectivity index (χ0v) is 11.6. The second-order valence-electron chi connectivity index (χ2n) is 4.43. The van der Waals surface area contributed by atoms with E-state index in [1.807, 2.05) is 0 Å². The molecule has 0 bridgehead atoms. The molecule has 0 aliphatic carbocycles. The van der Waals surface area contributed by atoms with Crippen LogP contribution in [-0.2, 0) is 10.0 Å². The molecule has 17 heavy (non-hydrogen) atoms. The minimum absolute atomic E-state index is 0.434. The van der Waals surface area contributed by atoms with Crippen molar-refractivity contribution < 1.29 is 8.42 Å². The van der Waals surface area contributed by atoms with Gasteiger partial charge in [-0.1, -0.05) is 6.07 Å². The summed E-state index contributed by atoms with van der Waals surface area (Å²) in [4.78, 5) is 0. The molecule has 1 saturated heterocycles. The number of nitrogens with one attached hydrogen (secondary N) is 1. The van der Waals surface area contributed by atoms with Gasteiger partial charge in [0.25, 0.3) is 10.0 Å². The van der Waals surface area contributed by atoms with E-state index in [4.69, 9.17) is 0 Å². The predicted octanol–water partition coefficient (Wildman–Crippen LogP) is 1.37. The van der Waals surface area contributed by atoms with E-state index in [9.17, 15) is 8.42 Å². The number of sulfonamides is 1. The van der Waals surface area contributed by atoms with Crippen LogP contribution >= 0.6 is 11.3 Å². The van der Waals surface area contributed by atoms with E-state index in [2.05, 4.69) is 5.32 Å². The van der Waals surface area contributed by atoms with E-state index in [-0.39, 0.29) is 0 Å². The van der Waals surface area contributed by atoms with Gasteiger partial charge < -0.3 is 5.32 Å². The van der Waals surface area contributed by atoms with Crippen molar-refractivity contribution in [2.75, 3.05) is 26.7 Å². The molecule has 1 aliphatic heterocycles. The quantitative estimate of drug-likeness (QED) is 0.902. The number of thiophene rings is 1. The van der Waals surface area contributed by atoms with Gasteiger partial charge in [0.2, 0.25) is 0 Å².